The van der Waals surface area contributed by atoms with Gasteiger partial charge in [-0.2, -0.15) is 0 Å². The van der Waals surface area contributed by atoms with E-state index in [2.05, 4.69) is 10.2 Å². The molecule has 0 radical (unpaired) electrons. The van der Waals surface area contributed by atoms with Gasteiger partial charge in [-0.1, -0.05) is 12.2 Å². The number of allylic oxidation sites excluding steroid dienone is 2. The van der Waals surface area contributed by atoms with E-state index in [0.29, 0.717) is 34.4 Å². The Morgan fingerprint density at radius 1 is 0.724 bits per heavy atom. The highest BCUT2D eigenvalue weighted by Gasteiger charge is 2.11. The molecule has 0 atom stereocenters. The Morgan fingerprint density at radius 3 is 1.45 bits per heavy atom. The molecule has 1 aromatic heterocycles. The van der Waals surface area contributed by atoms with E-state index < -0.39 is 11.9 Å². The van der Waals surface area contributed by atoms with E-state index in [9.17, 15) is 9.59 Å². The zero-order valence-corrected chi connectivity index (χ0v) is 15.9. The van der Waals surface area contributed by atoms with Crippen LogP contribution in [-0.4, -0.2) is 22.1 Å². The van der Waals surface area contributed by atoms with Gasteiger partial charge in [-0.25, -0.2) is 9.59 Å². The van der Waals surface area contributed by atoms with E-state index in [1.165, 1.54) is 12.2 Å². The lowest BCUT2D eigenvalue weighted by atomic mass is 10.2. The van der Waals surface area contributed by atoms with E-state index in [0.717, 1.165) is 0 Å². The fourth-order valence-electron chi connectivity index (χ4n) is 2.36. The standard InChI is InChI=1S/C22H18N2O5/c1-3-5-19(25)27-17-11-7-15(8-12-17)21-23-24-22(29-21)16-9-13-18(14-10-16)28-20(26)6-4-2/h3-14H,1-2H3. The fraction of sp³-hybridized carbons (Fsp3) is 0.0909. The molecule has 0 saturated heterocycles. The molecule has 0 bridgehead atoms. The summed E-state index contributed by atoms with van der Waals surface area (Å²) >= 11 is 0. The molecule has 2 aromatic carbocycles. The quantitative estimate of drug-likeness (QED) is 0.351. The highest BCUT2D eigenvalue weighted by molar-refractivity contribution is 5.84. The van der Waals surface area contributed by atoms with Gasteiger partial charge in [0.1, 0.15) is 11.5 Å². The minimum atomic E-state index is -0.444. The summed E-state index contributed by atoms with van der Waals surface area (Å²) in [6.07, 6.45) is 5.89. The molecule has 0 aliphatic heterocycles. The van der Waals surface area contributed by atoms with Crippen LogP contribution in [0.15, 0.2) is 77.3 Å². The van der Waals surface area contributed by atoms with Crippen LogP contribution >= 0.6 is 0 Å². The largest absolute Gasteiger partial charge is 0.423 e. The highest BCUT2D eigenvalue weighted by Crippen LogP contribution is 2.26. The van der Waals surface area contributed by atoms with Crippen LogP contribution in [0.25, 0.3) is 22.9 Å². The molecule has 7 heteroatoms. The molecule has 0 amide bonds. The average Bonchev–Trinajstić information content (AvgIpc) is 3.20. The summed E-state index contributed by atoms with van der Waals surface area (Å²) in [5.74, 6) is 0.601. The molecule has 0 aliphatic carbocycles. The van der Waals surface area contributed by atoms with Gasteiger partial charge in [0.25, 0.3) is 0 Å². The van der Waals surface area contributed by atoms with Gasteiger partial charge in [-0.3, -0.25) is 0 Å². The van der Waals surface area contributed by atoms with Gasteiger partial charge in [0, 0.05) is 23.3 Å². The van der Waals surface area contributed by atoms with Crippen LogP contribution in [0.2, 0.25) is 0 Å². The summed E-state index contributed by atoms with van der Waals surface area (Å²) in [5, 5.41) is 8.10. The van der Waals surface area contributed by atoms with Gasteiger partial charge in [0.05, 0.1) is 0 Å². The van der Waals surface area contributed by atoms with Crippen LogP contribution in [0.5, 0.6) is 11.5 Å². The van der Waals surface area contributed by atoms with E-state index >= 15 is 0 Å². The van der Waals surface area contributed by atoms with Crippen LogP contribution in [0, 0.1) is 0 Å². The number of esters is 2. The van der Waals surface area contributed by atoms with Crippen molar-refractivity contribution in [3.8, 4) is 34.4 Å². The summed E-state index contributed by atoms with van der Waals surface area (Å²) in [4.78, 5) is 22.9. The number of ether oxygens (including phenoxy) is 2. The van der Waals surface area contributed by atoms with Crippen LogP contribution < -0.4 is 9.47 Å². The zero-order valence-electron chi connectivity index (χ0n) is 15.9. The molecule has 3 rings (SSSR count). The van der Waals surface area contributed by atoms with Gasteiger partial charge in [-0.15, -0.1) is 10.2 Å². The van der Waals surface area contributed by atoms with Crippen molar-refractivity contribution in [2.24, 2.45) is 0 Å². The van der Waals surface area contributed by atoms with Crippen LogP contribution in [-0.2, 0) is 9.59 Å². The molecular weight excluding hydrogens is 372 g/mol. The van der Waals surface area contributed by atoms with Crippen molar-refractivity contribution in [1.29, 1.82) is 0 Å². The Morgan fingerprint density at radius 2 is 1.10 bits per heavy atom. The van der Waals surface area contributed by atoms with Gasteiger partial charge < -0.3 is 13.9 Å². The lowest BCUT2D eigenvalue weighted by molar-refractivity contribution is -0.129. The Labute approximate surface area is 167 Å². The summed E-state index contributed by atoms with van der Waals surface area (Å²) < 4.78 is 16.0. The van der Waals surface area contributed by atoms with E-state index in [-0.39, 0.29) is 0 Å². The molecular formula is C22H18N2O5. The first kappa shape index (κ1) is 19.8. The molecule has 1 heterocycles. The SMILES string of the molecule is CC=CC(=O)Oc1ccc(-c2nnc(-c3ccc(OC(=O)C=CC)cc3)o2)cc1. The highest BCUT2D eigenvalue weighted by atomic mass is 16.5. The number of rotatable bonds is 6. The lowest BCUT2D eigenvalue weighted by Crippen LogP contribution is -2.03. The van der Waals surface area contributed by atoms with Crippen molar-refractivity contribution < 1.29 is 23.5 Å². The number of carbonyl (C=O) groups excluding carboxylic acids is 2. The second kappa shape index (κ2) is 9.27. The van der Waals surface area contributed by atoms with E-state index in [4.69, 9.17) is 13.9 Å². The number of hydrogen-bond donors (Lipinski definition) is 0. The first-order valence-electron chi connectivity index (χ1n) is 8.82. The molecule has 0 spiro atoms. The zero-order chi connectivity index (χ0) is 20.6. The summed E-state index contributed by atoms with van der Waals surface area (Å²) in [6, 6.07) is 13.5. The van der Waals surface area contributed by atoms with Gasteiger partial charge in [-0.05, 0) is 62.4 Å². The van der Waals surface area contributed by atoms with Crippen LogP contribution in [0.4, 0.5) is 0 Å². The molecule has 0 unspecified atom stereocenters. The molecule has 0 saturated carbocycles. The first-order valence-corrected chi connectivity index (χ1v) is 8.82. The maximum atomic E-state index is 11.5. The monoisotopic (exact) mass is 390 g/mol. The van der Waals surface area contributed by atoms with E-state index in [1.54, 1.807) is 74.5 Å². The minimum Gasteiger partial charge on any atom is -0.423 e. The molecule has 0 N–H and O–H groups in total. The van der Waals surface area contributed by atoms with Gasteiger partial charge in [0.2, 0.25) is 11.8 Å². The number of hydrogen-bond acceptors (Lipinski definition) is 7. The molecule has 146 valence electrons. The summed E-state index contributed by atoms with van der Waals surface area (Å²) in [6.45, 7) is 3.48. The summed E-state index contributed by atoms with van der Waals surface area (Å²) in [7, 11) is 0. The molecule has 0 aliphatic rings. The topological polar surface area (TPSA) is 91.5 Å². The average molecular weight is 390 g/mol. The van der Waals surface area contributed by atoms with Crippen molar-refractivity contribution in [1.82, 2.24) is 10.2 Å². The van der Waals surface area contributed by atoms with Crippen molar-refractivity contribution in [2.75, 3.05) is 0 Å². The van der Waals surface area contributed by atoms with E-state index in [1.807, 2.05) is 0 Å². The Kier molecular flexibility index (Phi) is 6.32. The smallest absolute Gasteiger partial charge is 0.335 e. The maximum Gasteiger partial charge on any atom is 0.335 e. The fourth-order valence-corrected chi connectivity index (χ4v) is 2.36. The van der Waals surface area contributed by atoms with Crippen molar-refractivity contribution in [3.63, 3.8) is 0 Å². The maximum absolute atomic E-state index is 11.5. The lowest BCUT2D eigenvalue weighted by Gasteiger charge is -2.02. The molecule has 7 nitrogen and oxygen atoms in total. The third-order valence-corrected chi connectivity index (χ3v) is 3.67. The third kappa shape index (κ3) is 5.26. The van der Waals surface area contributed by atoms with Gasteiger partial charge >= 0.3 is 11.9 Å². The Hall–Kier alpha value is -4.00. The number of nitrogens with zero attached hydrogens (tertiary/aromatic N) is 2. The molecule has 3 aromatic rings. The second-order valence-electron chi connectivity index (χ2n) is 5.80. The Bertz CT molecular complexity index is 964. The predicted molar refractivity (Wildman–Crippen MR) is 106 cm³/mol. The second-order valence-corrected chi connectivity index (χ2v) is 5.80. The first-order chi connectivity index (χ1) is 14.1. The third-order valence-electron chi connectivity index (χ3n) is 3.67. The molecule has 0 fully saturated rings. The van der Waals surface area contributed by atoms with Crippen molar-refractivity contribution in [3.05, 3.63) is 72.8 Å². The van der Waals surface area contributed by atoms with Crippen molar-refractivity contribution >= 4 is 11.9 Å². The van der Waals surface area contributed by atoms with Crippen LogP contribution in [0.1, 0.15) is 13.8 Å². The number of carbonyl (C=O) groups is 2. The summed E-state index contributed by atoms with van der Waals surface area (Å²) in [5.41, 5.74) is 1.37. The number of benzene rings is 2. The predicted octanol–water partition coefficient (Wildman–Crippen LogP) is 4.37. The normalized spacial score (nSPS) is 11.1. The number of aromatic nitrogens is 2. The van der Waals surface area contributed by atoms with Crippen LogP contribution in [0.3, 0.4) is 0 Å². The van der Waals surface area contributed by atoms with Gasteiger partial charge in [0.15, 0.2) is 0 Å². The molecule has 29 heavy (non-hydrogen) atoms. The minimum absolute atomic E-state index is 0.329. The Balaban J connectivity index is 1.70. The van der Waals surface area contributed by atoms with Crippen molar-refractivity contribution in [2.45, 2.75) is 13.8 Å².